The molecule has 1 aromatic rings. The van der Waals surface area contributed by atoms with Gasteiger partial charge in [-0.2, -0.15) is 5.26 Å². The molecule has 0 unspecified atom stereocenters. The Bertz CT molecular complexity index is 485. The number of likely N-dealkylation sites (N-methyl/N-ethyl adjacent to an activating group) is 1. The van der Waals surface area contributed by atoms with Gasteiger partial charge in [-0.1, -0.05) is 6.07 Å². The third kappa shape index (κ3) is 5.35. The molecule has 21 heavy (non-hydrogen) atoms. The van der Waals surface area contributed by atoms with E-state index in [-0.39, 0.29) is 6.10 Å². The van der Waals surface area contributed by atoms with E-state index in [1.54, 1.807) is 12.1 Å². The van der Waals surface area contributed by atoms with Crippen molar-refractivity contribution in [1.29, 1.82) is 5.26 Å². The molecule has 1 aliphatic rings. The number of ether oxygens (including phenoxy) is 2. The SMILES string of the molecule is CN(C)C[C@@H]1CN(CCOc2cccc(C#N)c2)CCO1. The summed E-state index contributed by atoms with van der Waals surface area (Å²) in [5, 5.41) is 8.86. The summed E-state index contributed by atoms with van der Waals surface area (Å²) in [6.07, 6.45) is 0.274. The Morgan fingerprint density at radius 3 is 3.10 bits per heavy atom. The number of hydrogen-bond acceptors (Lipinski definition) is 5. The first kappa shape index (κ1) is 15.8. The summed E-state index contributed by atoms with van der Waals surface area (Å²) in [4.78, 5) is 4.52. The largest absolute Gasteiger partial charge is 0.492 e. The van der Waals surface area contributed by atoms with Crippen LogP contribution >= 0.6 is 0 Å². The maximum absolute atomic E-state index is 8.86. The fraction of sp³-hybridized carbons (Fsp3) is 0.562. The highest BCUT2D eigenvalue weighted by Gasteiger charge is 2.20. The standard InChI is InChI=1S/C16H23N3O2/c1-18(2)12-16-13-19(7-9-21-16)6-8-20-15-5-3-4-14(10-15)11-17/h3-5,10,16H,6-9,12-13H2,1-2H3/t16-/m1/s1. The second-order valence-electron chi connectivity index (χ2n) is 5.54. The van der Waals surface area contributed by atoms with E-state index >= 15 is 0 Å². The quantitative estimate of drug-likeness (QED) is 0.787. The number of nitrogens with zero attached hydrogens (tertiary/aromatic N) is 3. The van der Waals surface area contributed by atoms with Crippen molar-refractivity contribution in [2.45, 2.75) is 6.10 Å². The summed E-state index contributed by atoms with van der Waals surface area (Å²) in [6, 6.07) is 9.40. The van der Waals surface area contributed by atoms with Crippen molar-refractivity contribution in [3.05, 3.63) is 29.8 Å². The van der Waals surface area contributed by atoms with Crippen molar-refractivity contribution >= 4 is 0 Å². The van der Waals surface area contributed by atoms with E-state index in [4.69, 9.17) is 14.7 Å². The van der Waals surface area contributed by atoms with Gasteiger partial charge in [0.25, 0.3) is 0 Å². The van der Waals surface area contributed by atoms with Crippen LogP contribution in [0, 0.1) is 11.3 Å². The molecule has 1 heterocycles. The number of benzene rings is 1. The first-order valence-electron chi connectivity index (χ1n) is 7.29. The molecule has 1 atom stereocenters. The summed E-state index contributed by atoms with van der Waals surface area (Å²) in [7, 11) is 4.13. The third-order valence-electron chi connectivity index (χ3n) is 3.43. The van der Waals surface area contributed by atoms with Gasteiger partial charge in [-0.25, -0.2) is 0 Å². The maximum atomic E-state index is 8.86. The van der Waals surface area contributed by atoms with Gasteiger partial charge in [-0.15, -0.1) is 0 Å². The lowest BCUT2D eigenvalue weighted by Crippen LogP contribution is -2.47. The van der Waals surface area contributed by atoms with E-state index in [0.717, 1.165) is 38.5 Å². The Morgan fingerprint density at radius 1 is 1.48 bits per heavy atom. The van der Waals surface area contributed by atoms with Gasteiger partial charge in [0.15, 0.2) is 0 Å². The zero-order valence-corrected chi connectivity index (χ0v) is 12.8. The summed E-state index contributed by atoms with van der Waals surface area (Å²) >= 11 is 0. The second-order valence-corrected chi connectivity index (χ2v) is 5.54. The molecule has 0 radical (unpaired) electrons. The number of morpholine rings is 1. The van der Waals surface area contributed by atoms with Crippen molar-refractivity contribution in [2.24, 2.45) is 0 Å². The van der Waals surface area contributed by atoms with Gasteiger partial charge in [0.2, 0.25) is 0 Å². The first-order valence-corrected chi connectivity index (χ1v) is 7.29. The zero-order valence-electron chi connectivity index (χ0n) is 12.8. The summed E-state index contributed by atoms with van der Waals surface area (Å²) in [5.74, 6) is 0.757. The monoisotopic (exact) mass is 289 g/mol. The highest BCUT2D eigenvalue weighted by Crippen LogP contribution is 2.13. The minimum absolute atomic E-state index is 0.274. The lowest BCUT2D eigenvalue weighted by Gasteiger charge is -2.34. The van der Waals surface area contributed by atoms with Gasteiger partial charge in [0.1, 0.15) is 12.4 Å². The van der Waals surface area contributed by atoms with Crippen LogP contribution in [-0.2, 0) is 4.74 Å². The molecule has 0 spiro atoms. The predicted octanol–water partition coefficient (Wildman–Crippen LogP) is 1.20. The number of hydrogen-bond donors (Lipinski definition) is 0. The maximum Gasteiger partial charge on any atom is 0.120 e. The van der Waals surface area contributed by atoms with Crippen LogP contribution < -0.4 is 4.74 Å². The van der Waals surface area contributed by atoms with Crippen LogP contribution in [0.15, 0.2) is 24.3 Å². The van der Waals surface area contributed by atoms with Crippen LogP contribution in [0.5, 0.6) is 5.75 Å². The first-order chi connectivity index (χ1) is 10.2. The van der Waals surface area contributed by atoms with Crippen molar-refractivity contribution in [2.75, 3.05) is 53.5 Å². The van der Waals surface area contributed by atoms with E-state index in [0.29, 0.717) is 12.2 Å². The zero-order chi connectivity index (χ0) is 15.1. The molecular formula is C16H23N3O2. The molecule has 0 saturated carbocycles. The Balaban J connectivity index is 1.74. The normalized spacial score (nSPS) is 19.4. The van der Waals surface area contributed by atoms with Crippen LogP contribution in [-0.4, -0.2) is 69.4 Å². The topological polar surface area (TPSA) is 48.7 Å². The van der Waals surface area contributed by atoms with E-state index in [2.05, 4.69) is 30.0 Å². The molecule has 2 rings (SSSR count). The van der Waals surface area contributed by atoms with E-state index in [1.165, 1.54) is 0 Å². The van der Waals surface area contributed by atoms with Gasteiger partial charge >= 0.3 is 0 Å². The van der Waals surface area contributed by atoms with Crippen molar-refractivity contribution in [3.63, 3.8) is 0 Å². The molecule has 1 saturated heterocycles. The molecule has 5 heteroatoms. The van der Waals surface area contributed by atoms with Gasteiger partial charge in [0.05, 0.1) is 24.3 Å². The van der Waals surface area contributed by atoms with Crippen molar-refractivity contribution in [1.82, 2.24) is 9.80 Å². The van der Waals surface area contributed by atoms with Crippen molar-refractivity contribution in [3.8, 4) is 11.8 Å². The Hall–Kier alpha value is -1.61. The Kier molecular flexibility index (Phi) is 6.00. The van der Waals surface area contributed by atoms with Crippen LogP contribution in [0.1, 0.15) is 5.56 Å². The fourth-order valence-electron chi connectivity index (χ4n) is 2.45. The van der Waals surface area contributed by atoms with E-state index in [1.807, 2.05) is 12.1 Å². The highest BCUT2D eigenvalue weighted by molar-refractivity contribution is 5.36. The fourth-order valence-corrected chi connectivity index (χ4v) is 2.45. The lowest BCUT2D eigenvalue weighted by atomic mass is 10.2. The lowest BCUT2D eigenvalue weighted by molar-refractivity contribution is -0.0405. The second kappa shape index (κ2) is 7.99. The van der Waals surface area contributed by atoms with Gasteiger partial charge in [0, 0.05) is 26.2 Å². The van der Waals surface area contributed by atoms with E-state index in [9.17, 15) is 0 Å². The predicted molar refractivity (Wildman–Crippen MR) is 81.4 cm³/mol. The molecule has 114 valence electrons. The van der Waals surface area contributed by atoms with Gasteiger partial charge in [-0.3, -0.25) is 4.90 Å². The molecular weight excluding hydrogens is 266 g/mol. The molecule has 1 fully saturated rings. The molecule has 0 amide bonds. The molecule has 0 N–H and O–H groups in total. The molecule has 0 aromatic heterocycles. The van der Waals surface area contributed by atoms with Crippen LogP contribution in [0.25, 0.3) is 0 Å². The van der Waals surface area contributed by atoms with Crippen molar-refractivity contribution < 1.29 is 9.47 Å². The Morgan fingerprint density at radius 2 is 2.33 bits per heavy atom. The average Bonchev–Trinajstić information content (AvgIpc) is 2.47. The highest BCUT2D eigenvalue weighted by atomic mass is 16.5. The molecule has 5 nitrogen and oxygen atoms in total. The van der Waals surface area contributed by atoms with Crippen LogP contribution in [0.2, 0.25) is 0 Å². The van der Waals surface area contributed by atoms with Gasteiger partial charge < -0.3 is 14.4 Å². The summed E-state index contributed by atoms with van der Waals surface area (Å²) < 4.78 is 11.5. The van der Waals surface area contributed by atoms with Crippen LogP contribution in [0.3, 0.4) is 0 Å². The van der Waals surface area contributed by atoms with Gasteiger partial charge in [-0.05, 0) is 32.3 Å². The summed E-state index contributed by atoms with van der Waals surface area (Å²) in [5.41, 5.74) is 0.630. The molecule has 0 bridgehead atoms. The van der Waals surface area contributed by atoms with Crippen LogP contribution in [0.4, 0.5) is 0 Å². The summed E-state index contributed by atoms with van der Waals surface area (Å²) in [6.45, 7) is 5.13. The molecule has 0 aliphatic carbocycles. The smallest absolute Gasteiger partial charge is 0.120 e. The average molecular weight is 289 g/mol. The number of rotatable bonds is 6. The Labute approximate surface area is 126 Å². The molecule has 1 aliphatic heterocycles. The minimum atomic E-state index is 0.274. The third-order valence-corrected chi connectivity index (χ3v) is 3.43. The minimum Gasteiger partial charge on any atom is -0.492 e. The van der Waals surface area contributed by atoms with E-state index < -0.39 is 0 Å². The number of nitriles is 1. The molecule has 1 aromatic carbocycles.